The van der Waals surface area contributed by atoms with Crippen LogP contribution in [0, 0.1) is 13.8 Å². The Hall–Kier alpha value is -2.30. The molecule has 25 heavy (non-hydrogen) atoms. The molecule has 0 aliphatic carbocycles. The number of imidazole rings is 2. The highest BCUT2D eigenvalue weighted by atomic mass is 19.1. The number of alkyl halides is 1. The lowest BCUT2D eigenvalue weighted by molar-refractivity contribution is -0.0460. The fourth-order valence-electron chi connectivity index (χ4n) is 3.36. The van der Waals surface area contributed by atoms with Crippen molar-refractivity contribution in [2.75, 3.05) is 6.61 Å². The lowest BCUT2D eigenvalue weighted by atomic mass is 10.1. The van der Waals surface area contributed by atoms with Gasteiger partial charge >= 0.3 is 0 Å². The van der Waals surface area contributed by atoms with Crippen molar-refractivity contribution in [3.8, 4) is 0 Å². The molecule has 0 amide bonds. The van der Waals surface area contributed by atoms with Crippen molar-refractivity contribution in [3.63, 3.8) is 0 Å². The van der Waals surface area contributed by atoms with Crippen LogP contribution in [0.25, 0.3) is 16.9 Å². The lowest BCUT2D eigenvalue weighted by Crippen LogP contribution is -2.30. The Morgan fingerprint density at radius 3 is 2.76 bits per heavy atom. The van der Waals surface area contributed by atoms with Gasteiger partial charge in [-0.1, -0.05) is 0 Å². The highest BCUT2D eigenvalue weighted by Crippen LogP contribution is 2.33. The topological polar surface area (TPSA) is 107 Å². The van der Waals surface area contributed by atoms with Gasteiger partial charge in [-0.3, -0.25) is 13.9 Å². The van der Waals surface area contributed by atoms with E-state index >= 15 is 0 Å². The number of aliphatic hydroxyl groups is 2. The molecule has 0 bridgehead atoms. The summed E-state index contributed by atoms with van der Waals surface area (Å²) >= 11 is 0. The fraction of sp³-hybridized carbons (Fsp3) is 0.533. The van der Waals surface area contributed by atoms with Crippen molar-refractivity contribution in [1.29, 1.82) is 0 Å². The largest absolute Gasteiger partial charge is 0.394 e. The summed E-state index contributed by atoms with van der Waals surface area (Å²) in [6, 6.07) is 0. The zero-order chi connectivity index (χ0) is 18.0. The van der Waals surface area contributed by atoms with E-state index in [9.17, 15) is 19.4 Å². The van der Waals surface area contributed by atoms with Crippen LogP contribution in [0.3, 0.4) is 0 Å². The number of nitrogens with zero attached hydrogens (tertiary/aromatic N) is 5. The Balaban J connectivity index is 1.99. The Bertz CT molecular complexity index is 1040. The molecule has 0 saturated carbocycles. The van der Waals surface area contributed by atoms with Crippen molar-refractivity contribution >= 4 is 16.9 Å². The van der Waals surface area contributed by atoms with Gasteiger partial charge in [-0.2, -0.15) is 0 Å². The Kier molecular flexibility index (Phi) is 3.46. The standard InChI is InChI=1S/C15H18FN5O4/c1-6-7(2)21-13(24)10-12(19(3)15(21)18-6)20(5-17-10)14-9(16)11(23)8(4-22)25-14/h5,8-9,11,14,22-23H,4H2,1-3H3/t8-,9+,11?,14-/m1/s1. The summed E-state index contributed by atoms with van der Waals surface area (Å²) in [4.78, 5) is 21.3. The molecule has 1 unspecified atom stereocenters. The van der Waals surface area contributed by atoms with Gasteiger partial charge in [0.1, 0.15) is 12.2 Å². The van der Waals surface area contributed by atoms with E-state index in [-0.39, 0.29) is 11.1 Å². The van der Waals surface area contributed by atoms with Crippen LogP contribution in [0.1, 0.15) is 17.6 Å². The van der Waals surface area contributed by atoms with Crippen LogP contribution in [0.2, 0.25) is 0 Å². The van der Waals surface area contributed by atoms with E-state index in [0.717, 1.165) is 0 Å². The third kappa shape index (κ3) is 2.01. The highest BCUT2D eigenvalue weighted by molar-refractivity contribution is 5.73. The van der Waals surface area contributed by atoms with E-state index in [2.05, 4.69) is 9.97 Å². The summed E-state index contributed by atoms with van der Waals surface area (Å²) < 4.78 is 24.4. The van der Waals surface area contributed by atoms with Gasteiger partial charge in [0.05, 0.1) is 18.6 Å². The fourth-order valence-corrected chi connectivity index (χ4v) is 3.36. The number of ether oxygens (including phenoxy) is 1. The van der Waals surface area contributed by atoms with Crippen LogP contribution in [0.5, 0.6) is 0 Å². The summed E-state index contributed by atoms with van der Waals surface area (Å²) in [6.45, 7) is 3.08. The van der Waals surface area contributed by atoms with Crippen molar-refractivity contribution in [2.45, 2.75) is 38.5 Å². The van der Waals surface area contributed by atoms with Crippen molar-refractivity contribution in [2.24, 2.45) is 7.05 Å². The summed E-state index contributed by atoms with van der Waals surface area (Å²) in [5.74, 6) is 0.405. The van der Waals surface area contributed by atoms with Gasteiger partial charge in [0.25, 0.3) is 5.56 Å². The molecular weight excluding hydrogens is 333 g/mol. The monoisotopic (exact) mass is 351 g/mol. The van der Waals surface area contributed by atoms with Gasteiger partial charge in [-0.15, -0.1) is 0 Å². The molecule has 1 saturated heterocycles. The molecular formula is C15H18FN5O4. The molecule has 0 aromatic carbocycles. The number of aromatic nitrogens is 5. The second kappa shape index (κ2) is 5.35. The lowest BCUT2D eigenvalue weighted by Gasteiger charge is -2.17. The molecule has 4 rings (SSSR count). The maximum atomic E-state index is 14.5. The molecule has 2 N–H and O–H groups in total. The number of aliphatic hydroxyl groups excluding tert-OH is 2. The van der Waals surface area contributed by atoms with E-state index in [0.29, 0.717) is 22.8 Å². The van der Waals surface area contributed by atoms with Crippen LogP contribution < -0.4 is 5.56 Å². The number of aryl methyl sites for hydroxylation is 3. The van der Waals surface area contributed by atoms with E-state index < -0.39 is 31.2 Å². The molecule has 3 aromatic rings. The smallest absolute Gasteiger partial charge is 0.287 e. The molecule has 4 heterocycles. The molecule has 10 heteroatoms. The van der Waals surface area contributed by atoms with E-state index in [1.165, 1.54) is 15.3 Å². The third-order valence-corrected chi connectivity index (χ3v) is 4.87. The van der Waals surface area contributed by atoms with Gasteiger partial charge in [-0.25, -0.2) is 18.8 Å². The summed E-state index contributed by atoms with van der Waals surface area (Å²) in [5.41, 5.74) is 1.55. The number of hydrogen-bond acceptors (Lipinski definition) is 6. The van der Waals surface area contributed by atoms with Gasteiger partial charge in [-0.05, 0) is 13.8 Å². The molecule has 0 radical (unpaired) electrons. The van der Waals surface area contributed by atoms with Gasteiger partial charge in [0.2, 0.25) is 5.78 Å². The molecule has 0 spiro atoms. The average molecular weight is 351 g/mol. The normalized spacial score (nSPS) is 27.0. The van der Waals surface area contributed by atoms with Gasteiger partial charge < -0.3 is 14.9 Å². The molecule has 1 aliphatic rings. The third-order valence-electron chi connectivity index (χ3n) is 4.87. The van der Waals surface area contributed by atoms with E-state index in [1.54, 1.807) is 25.5 Å². The van der Waals surface area contributed by atoms with Crippen LogP contribution >= 0.6 is 0 Å². The zero-order valence-electron chi connectivity index (χ0n) is 13.9. The van der Waals surface area contributed by atoms with Crippen LogP contribution in [-0.4, -0.2) is 58.7 Å². The first kappa shape index (κ1) is 16.2. The van der Waals surface area contributed by atoms with Crippen molar-refractivity contribution in [1.82, 2.24) is 23.5 Å². The van der Waals surface area contributed by atoms with Crippen LogP contribution in [-0.2, 0) is 11.8 Å². The number of fused-ring (bicyclic) bond motifs is 2. The summed E-state index contributed by atoms with van der Waals surface area (Å²) in [7, 11) is 1.70. The number of halogens is 1. The maximum Gasteiger partial charge on any atom is 0.287 e. The Morgan fingerprint density at radius 1 is 1.40 bits per heavy atom. The van der Waals surface area contributed by atoms with Crippen LogP contribution in [0.4, 0.5) is 4.39 Å². The molecule has 1 aliphatic heterocycles. The second-order valence-corrected chi connectivity index (χ2v) is 6.29. The van der Waals surface area contributed by atoms with Gasteiger partial charge in [0.15, 0.2) is 23.6 Å². The molecule has 134 valence electrons. The minimum absolute atomic E-state index is 0.147. The molecule has 3 aromatic heterocycles. The SMILES string of the molecule is Cc1nc2n(C)c3c(ncn3[C@@H]3O[C@H](CO)C(O)[C@@H]3F)c(=O)n2c1C. The first-order valence-electron chi connectivity index (χ1n) is 7.86. The minimum atomic E-state index is -1.76. The van der Waals surface area contributed by atoms with E-state index in [4.69, 9.17) is 4.74 Å². The quantitative estimate of drug-likeness (QED) is 0.650. The summed E-state index contributed by atoms with van der Waals surface area (Å²) in [5, 5.41) is 19.1. The summed E-state index contributed by atoms with van der Waals surface area (Å²) in [6.07, 6.45) is -4.14. The van der Waals surface area contributed by atoms with Crippen LogP contribution in [0.15, 0.2) is 11.1 Å². The minimum Gasteiger partial charge on any atom is -0.394 e. The predicted molar refractivity (Wildman–Crippen MR) is 85.1 cm³/mol. The zero-order valence-corrected chi connectivity index (χ0v) is 13.9. The van der Waals surface area contributed by atoms with Crippen molar-refractivity contribution < 1.29 is 19.3 Å². The Labute approximate surface area is 140 Å². The highest BCUT2D eigenvalue weighted by Gasteiger charge is 2.45. The van der Waals surface area contributed by atoms with Gasteiger partial charge in [0, 0.05) is 12.7 Å². The predicted octanol–water partition coefficient (Wildman–Crippen LogP) is -0.412. The van der Waals surface area contributed by atoms with Crippen molar-refractivity contribution in [3.05, 3.63) is 28.1 Å². The number of hydrogen-bond donors (Lipinski definition) is 2. The average Bonchev–Trinajstić information content (AvgIpc) is 3.23. The van der Waals surface area contributed by atoms with E-state index in [1.807, 2.05) is 0 Å². The first-order valence-corrected chi connectivity index (χ1v) is 7.86. The Morgan fingerprint density at radius 2 is 2.12 bits per heavy atom. The number of rotatable bonds is 2. The molecule has 4 atom stereocenters. The molecule has 1 fully saturated rings. The molecule has 9 nitrogen and oxygen atoms in total. The first-order chi connectivity index (χ1) is 11.9. The second-order valence-electron chi connectivity index (χ2n) is 6.29. The maximum absolute atomic E-state index is 14.5.